The first-order chi connectivity index (χ1) is 11.0. The third-order valence-electron chi connectivity index (χ3n) is 3.03. The third-order valence-corrected chi connectivity index (χ3v) is 4.01. The first-order valence-electron chi connectivity index (χ1n) is 6.93. The van der Waals surface area contributed by atoms with E-state index in [2.05, 4.69) is 15.8 Å². The Morgan fingerprint density at radius 1 is 1.39 bits per heavy atom. The number of carbonyl (C=O) groups is 1. The summed E-state index contributed by atoms with van der Waals surface area (Å²) < 4.78 is 0. The van der Waals surface area contributed by atoms with Crippen LogP contribution in [0.3, 0.4) is 0 Å². The molecule has 1 heterocycles. The number of hydrogen-bond acceptors (Lipinski definition) is 6. The lowest BCUT2D eigenvalue weighted by Gasteiger charge is -2.06. The lowest BCUT2D eigenvalue weighted by molar-refractivity contribution is -0.384. The number of nitro groups is 1. The summed E-state index contributed by atoms with van der Waals surface area (Å²) in [5.41, 5.74) is 3.51. The van der Waals surface area contributed by atoms with Gasteiger partial charge in [-0.25, -0.2) is 5.43 Å². The molecule has 0 radical (unpaired) electrons. The van der Waals surface area contributed by atoms with Gasteiger partial charge in [0.15, 0.2) is 0 Å². The number of rotatable bonds is 6. The van der Waals surface area contributed by atoms with E-state index in [0.717, 1.165) is 4.88 Å². The van der Waals surface area contributed by atoms with Crippen LogP contribution in [0.15, 0.2) is 40.8 Å². The zero-order chi connectivity index (χ0) is 16.8. The molecule has 0 aliphatic rings. The first-order valence-corrected chi connectivity index (χ1v) is 7.81. The second-order valence-corrected chi connectivity index (χ2v) is 5.58. The lowest BCUT2D eigenvalue weighted by atomic mass is 10.1. The summed E-state index contributed by atoms with van der Waals surface area (Å²) in [7, 11) is 0. The molecule has 120 valence electrons. The van der Waals surface area contributed by atoms with Gasteiger partial charge < -0.3 is 5.32 Å². The van der Waals surface area contributed by atoms with Crippen LogP contribution in [-0.4, -0.2) is 23.1 Å². The van der Waals surface area contributed by atoms with Crippen LogP contribution in [0.1, 0.15) is 29.1 Å². The normalized spacial score (nSPS) is 11.1. The number of hydrazone groups is 1. The number of carbonyl (C=O) groups excluding carboxylic acids is 1. The van der Waals surface area contributed by atoms with Crippen molar-refractivity contribution in [2.45, 2.75) is 13.8 Å². The van der Waals surface area contributed by atoms with Gasteiger partial charge in [-0.15, -0.1) is 11.3 Å². The Morgan fingerprint density at radius 3 is 2.78 bits per heavy atom. The topological polar surface area (TPSA) is 96.6 Å². The van der Waals surface area contributed by atoms with E-state index < -0.39 is 10.8 Å². The standard InChI is InChI=1S/C15H16N4O3S/c1-3-16-12-7-6-11(9-13(12)19(21)22)15(20)18-17-10(2)14-5-4-8-23-14/h4-9,16H,3H2,1-2H3,(H,18,20)/b17-10-. The van der Waals surface area contributed by atoms with Crippen molar-refractivity contribution in [1.29, 1.82) is 0 Å². The van der Waals surface area contributed by atoms with E-state index in [9.17, 15) is 14.9 Å². The largest absolute Gasteiger partial charge is 0.380 e. The molecule has 0 aliphatic heterocycles. The fourth-order valence-corrected chi connectivity index (χ4v) is 2.58. The lowest BCUT2D eigenvalue weighted by Crippen LogP contribution is -2.19. The molecule has 1 amide bonds. The minimum absolute atomic E-state index is 0.140. The third kappa shape index (κ3) is 4.13. The highest BCUT2D eigenvalue weighted by Gasteiger charge is 2.17. The first kappa shape index (κ1) is 16.6. The van der Waals surface area contributed by atoms with Crippen LogP contribution in [0.25, 0.3) is 0 Å². The minimum Gasteiger partial charge on any atom is -0.380 e. The van der Waals surface area contributed by atoms with Crippen molar-refractivity contribution in [3.63, 3.8) is 0 Å². The SMILES string of the molecule is CCNc1ccc(C(=O)N/N=C(/C)c2cccs2)cc1[N+](=O)[O-]. The molecular formula is C15H16N4O3S. The van der Waals surface area contributed by atoms with Crippen molar-refractivity contribution in [2.75, 3.05) is 11.9 Å². The van der Waals surface area contributed by atoms with E-state index >= 15 is 0 Å². The number of amides is 1. The van der Waals surface area contributed by atoms with Gasteiger partial charge >= 0.3 is 0 Å². The van der Waals surface area contributed by atoms with Gasteiger partial charge in [-0.3, -0.25) is 14.9 Å². The Hall–Kier alpha value is -2.74. The van der Waals surface area contributed by atoms with Crippen LogP contribution in [0.5, 0.6) is 0 Å². The summed E-state index contributed by atoms with van der Waals surface area (Å²) in [6.07, 6.45) is 0. The maximum atomic E-state index is 12.1. The fraction of sp³-hybridized carbons (Fsp3) is 0.200. The van der Waals surface area contributed by atoms with Crippen LogP contribution in [0.4, 0.5) is 11.4 Å². The highest BCUT2D eigenvalue weighted by atomic mass is 32.1. The minimum atomic E-state index is -0.519. The summed E-state index contributed by atoms with van der Waals surface area (Å²) in [6.45, 7) is 4.17. The fourth-order valence-electron chi connectivity index (χ4n) is 1.90. The van der Waals surface area contributed by atoms with Gasteiger partial charge in [0.1, 0.15) is 5.69 Å². The number of nitrogens with zero attached hydrogens (tertiary/aromatic N) is 2. The van der Waals surface area contributed by atoms with Crippen LogP contribution >= 0.6 is 11.3 Å². The Kier molecular flexibility index (Phi) is 5.42. The average Bonchev–Trinajstić information content (AvgIpc) is 3.07. The molecule has 0 saturated heterocycles. The molecular weight excluding hydrogens is 316 g/mol. The molecule has 0 bridgehead atoms. The summed E-state index contributed by atoms with van der Waals surface area (Å²) in [4.78, 5) is 23.6. The molecule has 2 rings (SSSR count). The van der Waals surface area contributed by atoms with Crippen LogP contribution in [-0.2, 0) is 0 Å². The molecule has 0 fully saturated rings. The van der Waals surface area contributed by atoms with E-state index in [4.69, 9.17) is 0 Å². The Bertz CT molecular complexity index is 741. The van der Waals surface area contributed by atoms with Crippen molar-refractivity contribution in [3.05, 3.63) is 56.3 Å². The molecule has 7 nitrogen and oxygen atoms in total. The second kappa shape index (κ2) is 7.50. The molecule has 0 spiro atoms. The average molecular weight is 332 g/mol. The summed E-state index contributed by atoms with van der Waals surface area (Å²) in [5, 5.41) is 19.9. The number of hydrogen-bond donors (Lipinski definition) is 2. The van der Waals surface area contributed by atoms with E-state index in [1.165, 1.54) is 29.5 Å². The van der Waals surface area contributed by atoms with Crippen LogP contribution in [0, 0.1) is 10.1 Å². The van der Waals surface area contributed by atoms with Crippen molar-refractivity contribution in [2.24, 2.45) is 5.10 Å². The van der Waals surface area contributed by atoms with Crippen molar-refractivity contribution in [1.82, 2.24) is 5.43 Å². The zero-order valence-corrected chi connectivity index (χ0v) is 13.5. The van der Waals surface area contributed by atoms with Crippen LogP contribution < -0.4 is 10.7 Å². The van der Waals surface area contributed by atoms with E-state index in [1.807, 2.05) is 24.4 Å². The number of anilines is 1. The second-order valence-electron chi connectivity index (χ2n) is 4.63. The molecule has 23 heavy (non-hydrogen) atoms. The highest BCUT2D eigenvalue weighted by molar-refractivity contribution is 7.12. The molecule has 0 saturated carbocycles. The highest BCUT2D eigenvalue weighted by Crippen LogP contribution is 2.25. The molecule has 0 unspecified atom stereocenters. The summed E-state index contributed by atoms with van der Waals surface area (Å²) in [5.74, 6) is -0.493. The monoisotopic (exact) mass is 332 g/mol. The van der Waals surface area contributed by atoms with Gasteiger partial charge in [0, 0.05) is 23.1 Å². The number of nitrogens with one attached hydrogen (secondary N) is 2. The Morgan fingerprint density at radius 2 is 2.17 bits per heavy atom. The van der Waals surface area contributed by atoms with Gasteiger partial charge in [0.25, 0.3) is 11.6 Å². The molecule has 2 aromatic rings. The van der Waals surface area contributed by atoms with Gasteiger partial charge in [-0.2, -0.15) is 5.10 Å². The molecule has 8 heteroatoms. The van der Waals surface area contributed by atoms with Gasteiger partial charge in [0.2, 0.25) is 0 Å². The number of nitro benzene ring substituents is 1. The van der Waals surface area contributed by atoms with Crippen molar-refractivity contribution < 1.29 is 9.72 Å². The number of benzene rings is 1. The smallest absolute Gasteiger partial charge is 0.293 e. The molecule has 1 aromatic heterocycles. The number of thiophene rings is 1. The van der Waals surface area contributed by atoms with E-state index in [0.29, 0.717) is 17.9 Å². The van der Waals surface area contributed by atoms with E-state index in [1.54, 1.807) is 6.92 Å². The zero-order valence-electron chi connectivity index (χ0n) is 12.7. The van der Waals surface area contributed by atoms with Gasteiger partial charge in [-0.1, -0.05) is 6.07 Å². The summed E-state index contributed by atoms with van der Waals surface area (Å²) >= 11 is 1.51. The van der Waals surface area contributed by atoms with Crippen molar-refractivity contribution in [3.8, 4) is 0 Å². The van der Waals surface area contributed by atoms with Gasteiger partial charge in [-0.05, 0) is 37.4 Å². The molecule has 0 atom stereocenters. The van der Waals surface area contributed by atoms with Crippen molar-refractivity contribution >= 4 is 34.3 Å². The Labute approximate surface area is 137 Å². The summed E-state index contributed by atoms with van der Waals surface area (Å²) in [6, 6.07) is 8.07. The quantitative estimate of drug-likeness (QED) is 0.482. The molecule has 1 aromatic carbocycles. The Balaban J connectivity index is 2.18. The van der Waals surface area contributed by atoms with E-state index in [-0.39, 0.29) is 11.3 Å². The maximum Gasteiger partial charge on any atom is 0.293 e. The van der Waals surface area contributed by atoms with Crippen LogP contribution in [0.2, 0.25) is 0 Å². The van der Waals surface area contributed by atoms with Gasteiger partial charge in [0.05, 0.1) is 10.6 Å². The molecule has 2 N–H and O–H groups in total. The maximum absolute atomic E-state index is 12.1. The predicted molar refractivity (Wildman–Crippen MR) is 91.3 cm³/mol. The predicted octanol–water partition coefficient (Wildman–Crippen LogP) is 3.24. The molecule has 0 aliphatic carbocycles.